The second-order valence-corrected chi connectivity index (χ2v) is 4.90. The lowest BCUT2D eigenvalue weighted by atomic mass is 10.1. The van der Waals surface area contributed by atoms with Gasteiger partial charge in [-0.1, -0.05) is 23.7 Å². The summed E-state index contributed by atoms with van der Waals surface area (Å²) in [6, 6.07) is 10.8. The minimum Gasteiger partial charge on any atom is -0.339 e. The number of fused-ring (bicyclic) bond motifs is 1. The third-order valence-electron chi connectivity index (χ3n) is 2.97. The Morgan fingerprint density at radius 2 is 1.89 bits per heavy atom. The molecule has 4 heteroatoms. The maximum atomic E-state index is 12.1. The zero-order valence-electron chi connectivity index (χ0n) is 10.3. The van der Waals surface area contributed by atoms with Crippen LogP contribution in [0.15, 0.2) is 47.4 Å². The zero-order chi connectivity index (χ0) is 13.4. The van der Waals surface area contributed by atoms with Crippen molar-refractivity contribution < 1.29 is 0 Å². The normalized spacial score (nSPS) is 10.8. The number of pyridine rings is 2. The molecule has 0 saturated heterocycles. The number of benzene rings is 1. The molecule has 0 radical (unpaired) electrons. The molecule has 0 fully saturated rings. The Kier molecular flexibility index (Phi) is 2.84. The molecule has 1 aromatic carbocycles. The number of H-pyrrole nitrogens is 1. The van der Waals surface area contributed by atoms with Gasteiger partial charge in [-0.05, 0) is 36.2 Å². The molecule has 0 unspecified atom stereocenters. The molecule has 0 aliphatic carbocycles. The number of rotatable bonds is 1. The molecule has 3 aromatic rings. The van der Waals surface area contributed by atoms with E-state index in [-0.39, 0.29) is 5.43 Å². The van der Waals surface area contributed by atoms with E-state index >= 15 is 0 Å². The Morgan fingerprint density at radius 3 is 2.63 bits per heavy atom. The van der Waals surface area contributed by atoms with Crippen LogP contribution >= 0.6 is 11.6 Å². The quantitative estimate of drug-likeness (QED) is 0.735. The molecule has 0 aliphatic rings. The number of halogens is 1. The average Bonchev–Trinajstić information content (AvgIpc) is 2.40. The third-order valence-corrected chi connectivity index (χ3v) is 3.23. The van der Waals surface area contributed by atoms with Crippen molar-refractivity contribution in [1.82, 2.24) is 9.97 Å². The highest BCUT2D eigenvalue weighted by Crippen LogP contribution is 2.20. The third kappa shape index (κ3) is 2.25. The van der Waals surface area contributed by atoms with Crippen molar-refractivity contribution in [3.8, 4) is 11.3 Å². The van der Waals surface area contributed by atoms with Crippen LogP contribution in [0.25, 0.3) is 22.3 Å². The Morgan fingerprint density at radius 1 is 1.16 bits per heavy atom. The van der Waals surface area contributed by atoms with Crippen molar-refractivity contribution in [3.05, 3.63) is 63.4 Å². The highest BCUT2D eigenvalue weighted by Gasteiger charge is 2.05. The van der Waals surface area contributed by atoms with Crippen molar-refractivity contribution in [2.75, 3.05) is 0 Å². The smallest absolute Gasteiger partial charge is 0.191 e. The predicted octanol–water partition coefficient (Wildman–Crippen LogP) is 3.55. The maximum Gasteiger partial charge on any atom is 0.191 e. The number of aromatic amines is 1. The van der Waals surface area contributed by atoms with Crippen LogP contribution in [-0.4, -0.2) is 9.97 Å². The molecular formula is C15H11ClN2O. The Hall–Kier alpha value is -2.13. The van der Waals surface area contributed by atoms with Crippen LogP contribution in [0, 0.1) is 6.92 Å². The molecule has 2 aromatic heterocycles. The number of nitrogens with one attached hydrogen (secondary N) is 1. The first kappa shape index (κ1) is 11.9. The minimum atomic E-state index is -0.0325. The summed E-state index contributed by atoms with van der Waals surface area (Å²) in [5.41, 5.74) is 3.19. The SMILES string of the molecule is Cc1cnc2[nH]c(-c3ccc(Cl)cc3)cc(=O)c2c1. The summed E-state index contributed by atoms with van der Waals surface area (Å²) in [7, 11) is 0. The predicted molar refractivity (Wildman–Crippen MR) is 77.5 cm³/mol. The number of hydrogen-bond donors (Lipinski definition) is 1. The lowest BCUT2D eigenvalue weighted by molar-refractivity contribution is 1.25. The van der Waals surface area contributed by atoms with Crippen molar-refractivity contribution in [1.29, 1.82) is 0 Å². The topological polar surface area (TPSA) is 45.8 Å². The zero-order valence-corrected chi connectivity index (χ0v) is 11.0. The average molecular weight is 271 g/mol. The molecule has 3 nitrogen and oxygen atoms in total. The van der Waals surface area contributed by atoms with Crippen LogP contribution in [-0.2, 0) is 0 Å². The van der Waals surface area contributed by atoms with Gasteiger partial charge in [-0.15, -0.1) is 0 Å². The number of aryl methyl sites for hydroxylation is 1. The highest BCUT2D eigenvalue weighted by molar-refractivity contribution is 6.30. The van der Waals surface area contributed by atoms with Crippen molar-refractivity contribution in [2.45, 2.75) is 6.92 Å². The van der Waals surface area contributed by atoms with Gasteiger partial charge in [0.25, 0.3) is 0 Å². The molecule has 2 heterocycles. The van der Waals surface area contributed by atoms with Gasteiger partial charge in [0.2, 0.25) is 0 Å². The van der Waals surface area contributed by atoms with Crippen LogP contribution in [0.4, 0.5) is 0 Å². The van der Waals surface area contributed by atoms with E-state index in [9.17, 15) is 4.79 Å². The highest BCUT2D eigenvalue weighted by atomic mass is 35.5. The van der Waals surface area contributed by atoms with E-state index in [0.717, 1.165) is 16.8 Å². The van der Waals surface area contributed by atoms with Crippen LogP contribution < -0.4 is 5.43 Å². The van der Waals surface area contributed by atoms with E-state index in [0.29, 0.717) is 16.1 Å². The molecular weight excluding hydrogens is 260 g/mol. The van der Waals surface area contributed by atoms with Gasteiger partial charge in [-0.3, -0.25) is 4.79 Å². The summed E-state index contributed by atoms with van der Waals surface area (Å²) in [4.78, 5) is 19.5. The molecule has 0 atom stereocenters. The summed E-state index contributed by atoms with van der Waals surface area (Å²) in [5, 5.41) is 1.28. The first-order valence-electron chi connectivity index (χ1n) is 5.89. The van der Waals surface area contributed by atoms with Gasteiger partial charge in [0.15, 0.2) is 5.43 Å². The number of nitrogens with zero attached hydrogens (tertiary/aromatic N) is 1. The second kappa shape index (κ2) is 4.52. The molecule has 0 aliphatic heterocycles. The molecule has 0 bridgehead atoms. The van der Waals surface area contributed by atoms with Crippen LogP contribution in [0.1, 0.15) is 5.56 Å². The molecule has 1 N–H and O–H groups in total. The van der Waals surface area contributed by atoms with E-state index < -0.39 is 0 Å². The van der Waals surface area contributed by atoms with E-state index in [1.54, 1.807) is 24.4 Å². The molecule has 0 amide bonds. The Labute approximate surface area is 114 Å². The van der Waals surface area contributed by atoms with Gasteiger partial charge in [-0.2, -0.15) is 0 Å². The first-order valence-corrected chi connectivity index (χ1v) is 6.27. The standard InChI is InChI=1S/C15H11ClN2O/c1-9-6-12-14(19)7-13(18-15(12)17-8-9)10-2-4-11(16)5-3-10/h2-8H,1H3,(H,17,18,19). The molecule has 19 heavy (non-hydrogen) atoms. The van der Waals surface area contributed by atoms with Gasteiger partial charge in [0.05, 0.1) is 11.1 Å². The fraction of sp³-hybridized carbons (Fsp3) is 0.0667. The van der Waals surface area contributed by atoms with Crippen molar-refractivity contribution in [3.63, 3.8) is 0 Å². The molecule has 0 spiro atoms. The second-order valence-electron chi connectivity index (χ2n) is 4.46. The fourth-order valence-electron chi connectivity index (χ4n) is 2.01. The van der Waals surface area contributed by atoms with Crippen LogP contribution in [0.5, 0.6) is 0 Å². The summed E-state index contributed by atoms with van der Waals surface area (Å²) in [5.74, 6) is 0. The van der Waals surface area contributed by atoms with Gasteiger partial charge in [0, 0.05) is 17.3 Å². The summed E-state index contributed by atoms with van der Waals surface area (Å²) in [6.07, 6.45) is 1.74. The van der Waals surface area contributed by atoms with Crippen molar-refractivity contribution >= 4 is 22.6 Å². The number of hydrogen-bond acceptors (Lipinski definition) is 2. The summed E-state index contributed by atoms with van der Waals surface area (Å²) < 4.78 is 0. The molecule has 94 valence electrons. The summed E-state index contributed by atoms with van der Waals surface area (Å²) in [6.45, 7) is 1.92. The van der Waals surface area contributed by atoms with Crippen molar-refractivity contribution in [2.24, 2.45) is 0 Å². The molecule has 0 saturated carbocycles. The monoisotopic (exact) mass is 270 g/mol. The van der Waals surface area contributed by atoms with Gasteiger partial charge >= 0.3 is 0 Å². The lowest BCUT2D eigenvalue weighted by Crippen LogP contribution is -2.04. The van der Waals surface area contributed by atoms with E-state index in [1.165, 1.54) is 0 Å². The Balaban J connectivity index is 2.24. The lowest BCUT2D eigenvalue weighted by Gasteiger charge is -2.04. The number of aromatic nitrogens is 2. The van der Waals surface area contributed by atoms with E-state index in [1.807, 2.05) is 25.1 Å². The van der Waals surface area contributed by atoms with Crippen LogP contribution in [0.2, 0.25) is 5.02 Å². The fourth-order valence-corrected chi connectivity index (χ4v) is 2.14. The van der Waals surface area contributed by atoms with Gasteiger partial charge < -0.3 is 4.98 Å². The van der Waals surface area contributed by atoms with Gasteiger partial charge in [-0.25, -0.2) is 4.98 Å². The first-order chi connectivity index (χ1) is 9.13. The van der Waals surface area contributed by atoms with E-state index in [4.69, 9.17) is 11.6 Å². The Bertz CT molecular complexity index is 806. The maximum absolute atomic E-state index is 12.1. The van der Waals surface area contributed by atoms with Gasteiger partial charge in [0.1, 0.15) is 5.65 Å². The summed E-state index contributed by atoms with van der Waals surface area (Å²) >= 11 is 5.86. The largest absolute Gasteiger partial charge is 0.339 e. The molecule has 3 rings (SSSR count). The van der Waals surface area contributed by atoms with E-state index in [2.05, 4.69) is 9.97 Å². The minimum absolute atomic E-state index is 0.0325. The van der Waals surface area contributed by atoms with Crippen LogP contribution in [0.3, 0.4) is 0 Å².